The molecule has 1 aromatic rings. The number of nitriles is 1. The van der Waals surface area contributed by atoms with E-state index < -0.39 is 35.3 Å². The number of anilines is 1. The summed E-state index contributed by atoms with van der Waals surface area (Å²) in [6, 6.07) is 2.75. The topological polar surface area (TPSA) is 73.6 Å². The van der Waals surface area contributed by atoms with Gasteiger partial charge in [0, 0.05) is 12.7 Å². The van der Waals surface area contributed by atoms with E-state index in [9.17, 15) is 22.8 Å². The van der Waals surface area contributed by atoms with E-state index in [1.165, 1.54) is 24.1 Å². The number of halogens is 3. The standard InChI is InChI=1S/C17H18F3N3O3/c1-3-4-7-26-15(24)14-10-22(2)16(25)23(14)12-6-5-11(9-21)13(8-12)17(18,19)20/h5-6,8,14H,3-4,7,10H2,1-2H3/t14-/m1/s1. The molecule has 0 radical (unpaired) electrons. The normalized spacial score (nSPS) is 17.4. The lowest BCUT2D eigenvalue weighted by molar-refractivity contribution is -0.145. The third-order valence-corrected chi connectivity index (χ3v) is 4.01. The molecule has 0 unspecified atom stereocenters. The predicted molar refractivity (Wildman–Crippen MR) is 86.3 cm³/mol. The SMILES string of the molecule is CCCCOC(=O)[C@H]1CN(C)C(=O)N1c1ccc(C#N)c(C(F)(F)F)c1. The first-order valence-corrected chi connectivity index (χ1v) is 8.03. The van der Waals surface area contributed by atoms with Gasteiger partial charge in [-0.15, -0.1) is 0 Å². The summed E-state index contributed by atoms with van der Waals surface area (Å²) in [5.41, 5.74) is -1.82. The smallest absolute Gasteiger partial charge is 0.417 e. The van der Waals surface area contributed by atoms with Crippen molar-refractivity contribution < 1.29 is 27.5 Å². The summed E-state index contributed by atoms with van der Waals surface area (Å²) in [4.78, 5) is 26.9. The Balaban J connectivity index is 2.38. The number of alkyl halides is 3. The molecule has 1 aromatic carbocycles. The monoisotopic (exact) mass is 369 g/mol. The van der Waals surface area contributed by atoms with Crippen LogP contribution >= 0.6 is 0 Å². The minimum atomic E-state index is -4.76. The third-order valence-electron chi connectivity index (χ3n) is 4.01. The zero-order chi connectivity index (χ0) is 19.5. The molecule has 0 spiro atoms. The molecule has 1 aliphatic heterocycles. The molecule has 6 nitrogen and oxygen atoms in total. The Morgan fingerprint density at radius 3 is 2.69 bits per heavy atom. The summed E-state index contributed by atoms with van der Waals surface area (Å²) in [7, 11) is 1.45. The van der Waals surface area contributed by atoms with E-state index >= 15 is 0 Å². The summed E-state index contributed by atoms with van der Waals surface area (Å²) >= 11 is 0. The lowest BCUT2D eigenvalue weighted by Crippen LogP contribution is -2.41. The van der Waals surface area contributed by atoms with Crippen molar-refractivity contribution in [2.24, 2.45) is 0 Å². The largest absolute Gasteiger partial charge is 0.464 e. The minimum Gasteiger partial charge on any atom is -0.464 e. The number of amides is 2. The van der Waals surface area contributed by atoms with Crippen molar-refractivity contribution in [3.05, 3.63) is 29.3 Å². The second-order valence-electron chi connectivity index (χ2n) is 5.91. The quantitative estimate of drug-likeness (QED) is 0.590. The number of rotatable bonds is 5. The van der Waals surface area contributed by atoms with E-state index in [1.807, 2.05) is 6.92 Å². The number of ether oxygens (including phenoxy) is 1. The molecule has 0 bridgehead atoms. The minimum absolute atomic E-state index is 0.00510. The van der Waals surface area contributed by atoms with E-state index in [0.717, 1.165) is 17.4 Å². The first-order valence-electron chi connectivity index (χ1n) is 8.03. The Morgan fingerprint density at radius 2 is 2.12 bits per heavy atom. The van der Waals surface area contributed by atoms with Crippen LogP contribution in [0, 0.1) is 11.3 Å². The summed E-state index contributed by atoms with van der Waals surface area (Å²) < 4.78 is 44.7. The molecule has 0 aromatic heterocycles. The van der Waals surface area contributed by atoms with Crippen molar-refractivity contribution >= 4 is 17.7 Å². The van der Waals surface area contributed by atoms with Crippen LogP contribution in [-0.2, 0) is 15.7 Å². The molecule has 9 heteroatoms. The van der Waals surface area contributed by atoms with Crippen LogP contribution in [0.25, 0.3) is 0 Å². The molecule has 1 aliphatic rings. The number of esters is 1. The van der Waals surface area contributed by atoms with Crippen LogP contribution in [0.3, 0.4) is 0 Å². The van der Waals surface area contributed by atoms with Crippen molar-refractivity contribution in [2.45, 2.75) is 32.0 Å². The summed E-state index contributed by atoms with van der Waals surface area (Å²) in [6.45, 7) is 2.10. The number of unbranched alkanes of at least 4 members (excludes halogenated alkanes) is 1. The molecule has 1 saturated heterocycles. The van der Waals surface area contributed by atoms with E-state index in [1.54, 1.807) is 0 Å². The average molecular weight is 369 g/mol. The van der Waals surface area contributed by atoms with Crippen molar-refractivity contribution in [1.29, 1.82) is 5.26 Å². The van der Waals surface area contributed by atoms with Gasteiger partial charge in [0.05, 0.1) is 30.3 Å². The van der Waals surface area contributed by atoms with Gasteiger partial charge in [0.25, 0.3) is 0 Å². The highest BCUT2D eigenvalue weighted by Gasteiger charge is 2.43. The maximum absolute atomic E-state index is 13.2. The highest BCUT2D eigenvalue weighted by Crippen LogP contribution is 2.36. The Kier molecular flexibility index (Phi) is 5.75. The van der Waals surface area contributed by atoms with Gasteiger partial charge in [0.15, 0.2) is 6.04 Å². The first kappa shape index (κ1) is 19.6. The van der Waals surface area contributed by atoms with Crippen molar-refractivity contribution in [1.82, 2.24) is 4.90 Å². The Labute approximate surface area is 148 Å². The number of carbonyl (C=O) groups is 2. The number of benzene rings is 1. The van der Waals surface area contributed by atoms with Crippen molar-refractivity contribution in [3.8, 4) is 6.07 Å². The van der Waals surface area contributed by atoms with E-state index in [-0.39, 0.29) is 18.8 Å². The molecule has 140 valence electrons. The first-order chi connectivity index (χ1) is 12.2. The molecule has 0 N–H and O–H groups in total. The van der Waals surface area contributed by atoms with Gasteiger partial charge >= 0.3 is 18.2 Å². The van der Waals surface area contributed by atoms with Crippen LogP contribution in [0.1, 0.15) is 30.9 Å². The van der Waals surface area contributed by atoms with Gasteiger partial charge in [-0.3, -0.25) is 4.90 Å². The Hall–Kier alpha value is -2.76. The number of hydrogen-bond acceptors (Lipinski definition) is 4. The summed E-state index contributed by atoms with van der Waals surface area (Å²) in [6.07, 6.45) is -3.30. The van der Waals surface area contributed by atoms with Crippen molar-refractivity contribution in [3.63, 3.8) is 0 Å². The van der Waals surface area contributed by atoms with E-state index in [0.29, 0.717) is 12.5 Å². The molecule has 0 saturated carbocycles. The Morgan fingerprint density at radius 1 is 1.42 bits per heavy atom. The summed E-state index contributed by atoms with van der Waals surface area (Å²) in [5.74, 6) is -0.672. The van der Waals surface area contributed by atoms with Gasteiger partial charge in [-0.25, -0.2) is 9.59 Å². The van der Waals surface area contributed by atoms with Crippen LogP contribution in [0.2, 0.25) is 0 Å². The zero-order valence-electron chi connectivity index (χ0n) is 14.3. The summed E-state index contributed by atoms with van der Waals surface area (Å²) in [5, 5.41) is 8.88. The maximum atomic E-state index is 13.2. The second-order valence-corrected chi connectivity index (χ2v) is 5.91. The highest BCUT2D eigenvalue weighted by atomic mass is 19.4. The molecule has 0 aliphatic carbocycles. The van der Waals surface area contributed by atoms with Crippen LogP contribution in [0.5, 0.6) is 0 Å². The molecule has 1 heterocycles. The number of carbonyl (C=O) groups excluding carboxylic acids is 2. The van der Waals surface area contributed by atoms with Crippen LogP contribution < -0.4 is 4.90 Å². The van der Waals surface area contributed by atoms with Crippen LogP contribution in [-0.4, -0.2) is 43.1 Å². The number of hydrogen-bond donors (Lipinski definition) is 0. The molecule has 2 rings (SSSR count). The van der Waals surface area contributed by atoms with Gasteiger partial charge in [-0.1, -0.05) is 13.3 Å². The molecule has 1 fully saturated rings. The fourth-order valence-electron chi connectivity index (χ4n) is 2.63. The average Bonchev–Trinajstić information content (AvgIpc) is 2.89. The van der Waals surface area contributed by atoms with E-state index in [4.69, 9.17) is 10.00 Å². The third kappa shape index (κ3) is 3.90. The molecule has 26 heavy (non-hydrogen) atoms. The van der Waals surface area contributed by atoms with Gasteiger partial charge in [-0.2, -0.15) is 18.4 Å². The maximum Gasteiger partial charge on any atom is 0.417 e. The molecular weight excluding hydrogens is 351 g/mol. The fourth-order valence-corrected chi connectivity index (χ4v) is 2.63. The number of urea groups is 1. The number of likely N-dealkylation sites (N-methyl/N-ethyl adjacent to an activating group) is 1. The molecular formula is C17H18F3N3O3. The second kappa shape index (κ2) is 7.64. The van der Waals surface area contributed by atoms with Gasteiger partial charge in [-0.05, 0) is 24.6 Å². The van der Waals surface area contributed by atoms with Crippen LogP contribution in [0.4, 0.5) is 23.7 Å². The van der Waals surface area contributed by atoms with Crippen LogP contribution in [0.15, 0.2) is 18.2 Å². The number of nitrogens with zero attached hydrogens (tertiary/aromatic N) is 3. The fraction of sp³-hybridized carbons (Fsp3) is 0.471. The lowest BCUT2D eigenvalue weighted by atomic mass is 10.1. The highest BCUT2D eigenvalue weighted by molar-refractivity contribution is 6.01. The molecule has 1 atom stereocenters. The van der Waals surface area contributed by atoms with Gasteiger partial charge in [0.2, 0.25) is 0 Å². The van der Waals surface area contributed by atoms with E-state index in [2.05, 4.69) is 0 Å². The van der Waals surface area contributed by atoms with Gasteiger partial charge in [0.1, 0.15) is 0 Å². The zero-order valence-corrected chi connectivity index (χ0v) is 14.3. The molecule has 2 amide bonds. The Bertz CT molecular complexity index is 743. The lowest BCUT2D eigenvalue weighted by Gasteiger charge is -2.23. The van der Waals surface area contributed by atoms with Gasteiger partial charge < -0.3 is 9.64 Å². The van der Waals surface area contributed by atoms with Crippen molar-refractivity contribution in [2.75, 3.05) is 25.1 Å². The predicted octanol–water partition coefficient (Wildman–Crippen LogP) is 3.16.